The minimum atomic E-state index is -0.140. The molecule has 1 heterocycles. The summed E-state index contributed by atoms with van der Waals surface area (Å²) < 4.78 is 4.00. The van der Waals surface area contributed by atoms with Gasteiger partial charge < -0.3 is 4.72 Å². The van der Waals surface area contributed by atoms with Crippen LogP contribution in [0, 0.1) is 0 Å². The number of thiophene rings is 1. The molecule has 1 aromatic carbocycles. The van der Waals surface area contributed by atoms with Crippen LogP contribution in [0.3, 0.4) is 0 Å². The third-order valence-electron chi connectivity index (χ3n) is 2.71. The summed E-state index contributed by atoms with van der Waals surface area (Å²) in [4.78, 5) is 24.2. The largest absolute Gasteiger partial charge is 0.322 e. The lowest BCUT2D eigenvalue weighted by Crippen LogP contribution is -2.23. The molecule has 0 saturated heterocycles. The lowest BCUT2D eigenvalue weighted by atomic mass is 9.93. The number of ketones is 2. The van der Waals surface area contributed by atoms with Crippen molar-refractivity contribution in [3.05, 3.63) is 64.7 Å². The monoisotopic (exact) mass is 287 g/mol. The summed E-state index contributed by atoms with van der Waals surface area (Å²) in [5.74, 6) is -0.274. The number of nitrogens with one attached hydrogen (secondary N) is 1. The lowest BCUT2D eigenvalue weighted by molar-refractivity contribution is 0.0981. The Labute approximate surface area is 118 Å². The van der Waals surface area contributed by atoms with Gasteiger partial charge in [0.05, 0.1) is 9.91 Å². The van der Waals surface area contributed by atoms with E-state index in [4.69, 9.17) is 0 Å². The Morgan fingerprint density at radius 1 is 1.00 bits per heavy atom. The third-order valence-corrected chi connectivity index (χ3v) is 4.57. The highest BCUT2D eigenvalue weighted by Gasteiger charge is 2.25. The van der Waals surface area contributed by atoms with Crippen molar-refractivity contribution < 1.29 is 9.59 Å². The molecular formula is C14H9NO2S2. The Balaban J connectivity index is 1.84. The van der Waals surface area contributed by atoms with Gasteiger partial charge in [0.15, 0.2) is 5.78 Å². The molecule has 19 heavy (non-hydrogen) atoms. The summed E-state index contributed by atoms with van der Waals surface area (Å²) in [7, 11) is 0. The van der Waals surface area contributed by atoms with Gasteiger partial charge in [0.1, 0.15) is 0 Å². The number of rotatable bonds is 3. The molecule has 0 unspecified atom stereocenters. The van der Waals surface area contributed by atoms with Crippen molar-refractivity contribution in [2.75, 3.05) is 0 Å². The molecule has 0 radical (unpaired) electrons. The zero-order valence-corrected chi connectivity index (χ0v) is 11.4. The van der Waals surface area contributed by atoms with E-state index in [1.54, 1.807) is 35.6 Å². The number of hydrogen-bond acceptors (Lipinski definition) is 5. The quantitative estimate of drug-likeness (QED) is 0.880. The Bertz CT molecular complexity index is 675. The van der Waals surface area contributed by atoms with Crippen molar-refractivity contribution in [3.8, 4) is 0 Å². The molecule has 1 aromatic heterocycles. The second-order valence-electron chi connectivity index (χ2n) is 3.93. The number of fused-ring (bicyclic) bond motifs is 1. The van der Waals surface area contributed by atoms with Gasteiger partial charge in [0, 0.05) is 17.2 Å². The van der Waals surface area contributed by atoms with E-state index < -0.39 is 0 Å². The summed E-state index contributed by atoms with van der Waals surface area (Å²) in [6.07, 6.45) is 1.37. The van der Waals surface area contributed by atoms with Gasteiger partial charge in [0.25, 0.3) is 0 Å². The molecule has 3 rings (SSSR count). The first kappa shape index (κ1) is 12.2. The number of hydrogen-bond donors (Lipinski definition) is 1. The third kappa shape index (κ3) is 2.34. The number of allylic oxidation sites excluding steroid dienone is 2. The maximum Gasteiger partial charge on any atom is 0.210 e. The van der Waals surface area contributed by atoms with Crippen LogP contribution >= 0.6 is 23.3 Å². The van der Waals surface area contributed by atoms with Crippen molar-refractivity contribution in [3.63, 3.8) is 0 Å². The molecule has 1 N–H and O–H groups in total. The lowest BCUT2D eigenvalue weighted by Gasteiger charge is -2.15. The van der Waals surface area contributed by atoms with E-state index in [-0.39, 0.29) is 11.6 Å². The van der Waals surface area contributed by atoms with Crippen molar-refractivity contribution in [1.29, 1.82) is 0 Å². The van der Waals surface area contributed by atoms with Crippen molar-refractivity contribution >= 4 is 34.9 Å². The first-order valence-electron chi connectivity index (χ1n) is 5.62. The van der Waals surface area contributed by atoms with E-state index in [1.165, 1.54) is 18.0 Å². The zero-order valence-electron chi connectivity index (χ0n) is 9.75. The zero-order chi connectivity index (χ0) is 13.2. The van der Waals surface area contributed by atoms with E-state index >= 15 is 0 Å². The summed E-state index contributed by atoms with van der Waals surface area (Å²) in [6.45, 7) is 0. The molecular weight excluding hydrogens is 278 g/mol. The first-order chi connectivity index (χ1) is 9.25. The van der Waals surface area contributed by atoms with Crippen molar-refractivity contribution in [2.24, 2.45) is 0 Å². The Morgan fingerprint density at radius 3 is 2.53 bits per heavy atom. The second kappa shape index (κ2) is 5.03. The smallest absolute Gasteiger partial charge is 0.210 e. The minimum absolute atomic E-state index is 0.135. The average molecular weight is 287 g/mol. The minimum Gasteiger partial charge on any atom is -0.322 e. The maximum atomic E-state index is 12.2. The Hall–Kier alpha value is -1.85. The molecule has 2 aromatic rings. The van der Waals surface area contributed by atoms with Gasteiger partial charge in [-0.3, -0.25) is 9.59 Å². The van der Waals surface area contributed by atoms with Crippen LogP contribution in [0.2, 0.25) is 0 Å². The highest BCUT2D eigenvalue weighted by molar-refractivity contribution is 7.99. The predicted octanol–water partition coefficient (Wildman–Crippen LogP) is 3.31. The topological polar surface area (TPSA) is 46.2 Å². The van der Waals surface area contributed by atoms with Crippen LogP contribution in [0.4, 0.5) is 0 Å². The van der Waals surface area contributed by atoms with Crippen LogP contribution in [0.5, 0.6) is 0 Å². The van der Waals surface area contributed by atoms with Crippen LogP contribution in [0.15, 0.2) is 57.8 Å². The second-order valence-corrected chi connectivity index (χ2v) is 5.99. The molecule has 0 saturated carbocycles. The van der Waals surface area contributed by atoms with Crippen molar-refractivity contribution in [2.45, 2.75) is 4.21 Å². The van der Waals surface area contributed by atoms with E-state index in [9.17, 15) is 9.59 Å². The van der Waals surface area contributed by atoms with Crippen LogP contribution in [0.25, 0.3) is 0 Å². The molecule has 0 bridgehead atoms. The van der Waals surface area contributed by atoms with Crippen LogP contribution in [0.1, 0.15) is 20.7 Å². The predicted molar refractivity (Wildman–Crippen MR) is 76.5 cm³/mol. The number of carbonyl (C=O) groups excluding carboxylic acids is 2. The molecule has 1 aliphatic carbocycles. The fraction of sp³-hybridized carbons (Fsp3) is 0. The average Bonchev–Trinajstić information content (AvgIpc) is 2.95. The standard InChI is InChI=1S/C14H9NO2S2/c16-12-8-11(15-19-13-6-3-7-18-13)14(17)10-5-2-1-4-9(10)12/h1-8,15H. The SMILES string of the molecule is O=C1C=C(NSc2cccs2)C(=O)c2ccccc21. The number of carbonyl (C=O) groups is 2. The van der Waals surface area contributed by atoms with Crippen molar-refractivity contribution in [1.82, 2.24) is 4.72 Å². The fourth-order valence-corrected chi connectivity index (χ4v) is 3.26. The van der Waals surface area contributed by atoms with Gasteiger partial charge in [0.2, 0.25) is 5.78 Å². The Kier molecular flexibility index (Phi) is 3.23. The first-order valence-corrected chi connectivity index (χ1v) is 7.31. The molecule has 0 atom stereocenters. The molecule has 94 valence electrons. The molecule has 1 aliphatic rings. The maximum absolute atomic E-state index is 12.2. The van der Waals surface area contributed by atoms with Crippen LogP contribution < -0.4 is 4.72 Å². The fourth-order valence-electron chi connectivity index (χ4n) is 1.82. The molecule has 5 heteroatoms. The summed E-state index contributed by atoms with van der Waals surface area (Å²) >= 11 is 2.92. The highest BCUT2D eigenvalue weighted by Crippen LogP contribution is 2.25. The molecule has 0 spiro atoms. The number of Topliss-reactive ketones (excluding diaryl/α,β-unsaturated/α-hetero) is 1. The normalized spacial score (nSPS) is 14.0. The van der Waals surface area contributed by atoms with E-state index in [2.05, 4.69) is 4.72 Å². The summed E-state index contributed by atoms with van der Waals surface area (Å²) in [6, 6.07) is 10.8. The van der Waals surface area contributed by atoms with E-state index in [0.29, 0.717) is 16.8 Å². The number of benzene rings is 1. The van der Waals surface area contributed by atoms with Crippen LogP contribution in [-0.2, 0) is 0 Å². The summed E-state index contributed by atoms with van der Waals surface area (Å²) in [5.41, 5.74) is 1.27. The van der Waals surface area contributed by atoms with Gasteiger partial charge in [-0.15, -0.1) is 11.3 Å². The van der Waals surface area contributed by atoms with Gasteiger partial charge in [-0.2, -0.15) is 0 Å². The molecule has 0 aliphatic heterocycles. The Morgan fingerprint density at radius 2 is 1.79 bits per heavy atom. The molecule has 0 amide bonds. The van der Waals surface area contributed by atoms with Crippen LogP contribution in [-0.4, -0.2) is 11.6 Å². The van der Waals surface area contributed by atoms with Gasteiger partial charge in [-0.1, -0.05) is 30.3 Å². The van der Waals surface area contributed by atoms with E-state index in [0.717, 1.165) is 4.21 Å². The van der Waals surface area contributed by atoms with E-state index in [1.807, 2.05) is 17.5 Å². The molecule has 3 nitrogen and oxygen atoms in total. The van der Waals surface area contributed by atoms with Gasteiger partial charge >= 0.3 is 0 Å². The summed E-state index contributed by atoms with van der Waals surface area (Å²) in [5, 5.41) is 1.96. The highest BCUT2D eigenvalue weighted by atomic mass is 32.2. The van der Waals surface area contributed by atoms with Gasteiger partial charge in [-0.25, -0.2) is 0 Å². The van der Waals surface area contributed by atoms with Gasteiger partial charge in [-0.05, 0) is 23.4 Å². The molecule has 0 fully saturated rings.